The van der Waals surface area contributed by atoms with E-state index in [1.54, 1.807) is 18.7 Å². The summed E-state index contributed by atoms with van der Waals surface area (Å²) in [5.74, 6) is 0.660. The molecule has 0 fully saturated rings. The van der Waals surface area contributed by atoms with Crippen LogP contribution in [0.1, 0.15) is 17.2 Å². The zero-order valence-corrected chi connectivity index (χ0v) is 13.6. The van der Waals surface area contributed by atoms with Crippen LogP contribution in [0.4, 0.5) is 0 Å². The van der Waals surface area contributed by atoms with Crippen LogP contribution in [0.5, 0.6) is 0 Å². The van der Waals surface area contributed by atoms with Crippen LogP contribution >= 0.6 is 11.8 Å². The Morgan fingerprint density at radius 3 is 2.83 bits per heavy atom. The summed E-state index contributed by atoms with van der Waals surface area (Å²) < 4.78 is 2.54. The molecule has 0 bridgehead atoms. The van der Waals surface area contributed by atoms with Gasteiger partial charge < -0.3 is 5.11 Å². The third-order valence-electron chi connectivity index (χ3n) is 3.11. The zero-order valence-electron chi connectivity index (χ0n) is 12.8. The number of nitrogens with one attached hydrogen (secondary N) is 1. The van der Waals surface area contributed by atoms with Gasteiger partial charge in [-0.2, -0.15) is 16.9 Å². The minimum Gasteiger partial charge on any atom is -0.480 e. The van der Waals surface area contributed by atoms with Crippen LogP contribution in [0.25, 0.3) is 0 Å². The van der Waals surface area contributed by atoms with Crippen molar-refractivity contribution in [3.05, 3.63) is 44.2 Å². The first-order valence-corrected chi connectivity index (χ1v) is 8.23. The Hall–Kier alpha value is -2.36. The maximum Gasteiger partial charge on any atom is 0.328 e. The van der Waals surface area contributed by atoms with Crippen molar-refractivity contribution in [2.75, 3.05) is 12.0 Å². The van der Waals surface area contributed by atoms with Crippen LogP contribution in [-0.2, 0) is 24.3 Å². The molecular formula is C13H17N5O4S. The number of aromatic nitrogens is 5. The standard InChI is InChI=1S/C13H17N5O4S/c1-8-5-17(13(22)15-12(8)21)6-10-14-9(3-4-23-2)16-18(10)7-11(19)20/h5H,3-4,6-7H2,1-2H3,(H,19,20)(H,15,21,22). The second kappa shape index (κ2) is 7.27. The molecule has 124 valence electrons. The Bertz CT molecular complexity index is 823. The zero-order chi connectivity index (χ0) is 17.0. The van der Waals surface area contributed by atoms with Crippen LogP contribution in [0.15, 0.2) is 15.8 Å². The lowest BCUT2D eigenvalue weighted by atomic mass is 10.4. The summed E-state index contributed by atoms with van der Waals surface area (Å²) >= 11 is 1.63. The second-order valence-corrected chi connectivity index (χ2v) is 5.92. The van der Waals surface area contributed by atoms with E-state index in [4.69, 9.17) is 5.11 Å². The monoisotopic (exact) mass is 339 g/mol. The summed E-state index contributed by atoms with van der Waals surface area (Å²) in [5, 5.41) is 13.1. The average molecular weight is 339 g/mol. The first-order chi connectivity index (χ1) is 10.9. The SMILES string of the molecule is CSCCc1nc(Cn2cc(C)c(=O)[nH]c2=O)n(CC(=O)O)n1. The van der Waals surface area contributed by atoms with E-state index >= 15 is 0 Å². The molecule has 0 saturated heterocycles. The molecule has 2 aromatic heterocycles. The Morgan fingerprint density at radius 1 is 1.43 bits per heavy atom. The maximum absolute atomic E-state index is 11.8. The summed E-state index contributed by atoms with van der Waals surface area (Å²) in [6.45, 7) is 1.29. The molecule has 0 aliphatic carbocycles. The molecule has 0 amide bonds. The quantitative estimate of drug-likeness (QED) is 0.695. The Labute approximate surface area is 135 Å². The van der Waals surface area contributed by atoms with Gasteiger partial charge in [0.2, 0.25) is 0 Å². The highest BCUT2D eigenvalue weighted by Gasteiger charge is 2.14. The number of hydrogen-bond donors (Lipinski definition) is 2. The van der Waals surface area contributed by atoms with Crippen LogP contribution in [-0.4, -0.2) is 47.4 Å². The maximum atomic E-state index is 11.8. The van der Waals surface area contributed by atoms with Crippen LogP contribution in [0.2, 0.25) is 0 Å². The lowest BCUT2D eigenvalue weighted by Crippen LogP contribution is -2.32. The van der Waals surface area contributed by atoms with E-state index in [0.717, 1.165) is 5.75 Å². The van der Waals surface area contributed by atoms with Crippen molar-refractivity contribution in [3.63, 3.8) is 0 Å². The summed E-state index contributed by atoms with van der Waals surface area (Å²) in [6.07, 6.45) is 3.99. The molecule has 0 aromatic carbocycles. The fourth-order valence-corrected chi connectivity index (χ4v) is 2.37. The first-order valence-electron chi connectivity index (χ1n) is 6.84. The normalized spacial score (nSPS) is 10.9. The lowest BCUT2D eigenvalue weighted by Gasteiger charge is -2.06. The van der Waals surface area contributed by atoms with Gasteiger partial charge in [-0.25, -0.2) is 14.5 Å². The smallest absolute Gasteiger partial charge is 0.328 e. The van der Waals surface area contributed by atoms with E-state index in [0.29, 0.717) is 23.6 Å². The van der Waals surface area contributed by atoms with E-state index < -0.39 is 17.2 Å². The summed E-state index contributed by atoms with van der Waals surface area (Å²) in [7, 11) is 0. The van der Waals surface area contributed by atoms with Gasteiger partial charge in [-0.1, -0.05) is 0 Å². The molecule has 0 aliphatic heterocycles. The fourth-order valence-electron chi connectivity index (χ4n) is 1.99. The summed E-state index contributed by atoms with van der Waals surface area (Å²) in [4.78, 5) is 40.7. The highest BCUT2D eigenvalue weighted by Crippen LogP contribution is 2.05. The van der Waals surface area contributed by atoms with Gasteiger partial charge in [0.15, 0.2) is 5.82 Å². The highest BCUT2D eigenvalue weighted by atomic mass is 32.2. The molecule has 9 nitrogen and oxygen atoms in total. The first kappa shape index (κ1) is 17.0. The van der Waals surface area contributed by atoms with Gasteiger partial charge in [0.25, 0.3) is 5.56 Å². The Balaban J connectivity index is 2.35. The van der Waals surface area contributed by atoms with Crippen LogP contribution in [0.3, 0.4) is 0 Å². The molecule has 2 aromatic rings. The van der Waals surface area contributed by atoms with Crippen molar-refractivity contribution in [3.8, 4) is 0 Å². The summed E-state index contributed by atoms with van der Waals surface area (Å²) in [6, 6.07) is 0. The number of aromatic amines is 1. The minimum absolute atomic E-state index is 0.0377. The Kier molecular flexibility index (Phi) is 5.37. The van der Waals surface area contributed by atoms with Gasteiger partial charge in [0.1, 0.15) is 12.4 Å². The van der Waals surface area contributed by atoms with Gasteiger partial charge in [-0.05, 0) is 13.2 Å². The van der Waals surface area contributed by atoms with Crippen molar-refractivity contribution in [2.24, 2.45) is 0 Å². The van der Waals surface area contributed by atoms with Crippen molar-refractivity contribution in [1.82, 2.24) is 24.3 Å². The van der Waals surface area contributed by atoms with Gasteiger partial charge in [-0.15, -0.1) is 0 Å². The average Bonchev–Trinajstić information content (AvgIpc) is 2.83. The third kappa shape index (κ3) is 4.31. The predicted molar refractivity (Wildman–Crippen MR) is 84.9 cm³/mol. The Morgan fingerprint density at radius 2 is 2.17 bits per heavy atom. The van der Waals surface area contributed by atoms with E-state index in [-0.39, 0.29) is 13.1 Å². The molecule has 10 heteroatoms. The van der Waals surface area contributed by atoms with Gasteiger partial charge in [-0.3, -0.25) is 19.1 Å². The van der Waals surface area contributed by atoms with Crippen LogP contribution in [0, 0.1) is 6.92 Å². The predicted octanol–water partition coefficient (Wildman–Crippen LogP) is -0.525. The molecular weight excluding hydrogens is 322 g/mol. The molecule has 0 unspecified atom stereocenters. The topological polar surface area (TPSA) is 123 Å². The largest absolute Gasteiger partial charge is 0.480 e. The summed E-state index contributed by atoms with van der Waals surface area (Å²) in [5.41, 5.74) is -0.633. The molecule has 2 rings (SSSR count). The number of nitrogens with zero attached hydrogens (tertiary/aromatic N) is 4. The molecule has 0 radical (unpaired) electrons. The second-order valence-electron chi connectivity index (χ2n) is 4.94. The van der Waals surface area contributed by atoms with Crippen molar-refractivity contribution in [1.29, 1.82) is 0 Å². The fraction of sp³-hybridized carbons (Fsp3) is 0.462. The molecule has 0 spiro atoms. The van der Waals surface area contributed by atoms with Gasteiger partial charge in [0, 0.05) is 23.9 Å². The van der Waals surface area contributed by atoms with Crippen molar-refractivity contribution < 1.29 is 9.90 Å². The van der Waals surface area contributed by atoms with E-state index in [1.807, 2.05) is 6.26 Å². The minimum atomic E-state index is -1.04. The number of H-pyrrole nitrogens is 1. The lowest BCUT2D eigenvalue weighted by molar-refractivity contribution is -0.137. The number of hydrogen-bond acceptors (Lipinski definition) is 6. The van der Waals surface area contributed by atoms with Gasteiger partial charge in [0.05, 0.1) is 6.54 Å². The number of aliphatic carboxylic acids is 1. The molecule has 0 saturated carbocycles. The number of carboxylic acids is 1. The third-order valence-corrected chi connectivity index (χ3v) is 3.72. The number of rotatable bonds is 7. The number of thioether (sulfide) groups is 1. The van der Waals surface area contributed by atoms with Crippen molar-refractivity contribution in [2.45, 2.75) is 26.4 Å². The highest BCUT2D eigenvalue weighted by molar-refractivity contribution is 7.98. The van der Waals surface area contributed by atoms with Gasteiger partial charge >= 0.3 is 11.7 Å². The number of carboxylic acid groups (broad SMARTS) is 1. The van der Waals surface area contributed by atoms with Crippen LogP contribution < -0.4 is 11.2 Å². The number of carbonyl (C=O) groups is 1. The number of aryl methyl sites for hydroxylation is 2. The van der Waals surface area contributed by atoms with E-state index in [2.05, 4.69) is 15.1 Å². The van der Waals surface area contributed by atoms with E-state index in [1.165, 1.54) is 15.4 Å². The molecule has 2 heterocycles. The molecule has 2 N–H and O–H groups in total. The van der Waals surface area contributed by atoms with Crippen molar-refractivity contribution >= 4 is 17.7 Å². The van der Waals surface area contributed by atoms with E-state index in [9.17, 15) is 14.4 Å². The molecule has 23 heavy (non-hydrogen) atoms. The molecule has 0 atom stereocenters. The molecule has 0 aliphatic rings.